The van der Waals surface area contributed by atoms with Crippen LogP contribution in [0.4, 0.5) is 0 Å². The van der Waals surface area contributed by atoms with Gasteiger partial charge in [0.1, 0.15) is 7.05 Å². The minimum Gasteiger partial charge on any atom is -0.200 e. The highest BCUT2D eigenvalue weighted by molar-refractivity contribution is 7.29. The van der Waals surface area contributed by atoms with Crippen LogP contribution in [0.2, 0.25) is 0 Å². The number of rotatable bonds is 4. The van der Waals surface area contributed by atoms with Crippen LogP contribution < -0.4 is 20.3 Å². The van der Waals surface area contributed by atoms with Crippen LogP contribution in [-0.4, -0.2) is 6.71 Å². The van der Waals surface area contributed by atoms with Crippen molar-refractivity contribution in [2.45, 2.75) is 41.5 Å². The molecule has 2 heterocycles. The molecular formula is C28H31BNS+. The van der Waals surface area contributed by atoms with Gasteiger partial charge in [0.2, 0.25) is 5.69 Å². The van der Waals surface area contributed by atoms with Crippen LogP contribution in [0.3, 0.4) is 0 Å². The normalized spacial score (nSPS) is 11.1. The lowest BCUT2D eigenvalue weighted by molar-refractivity contribution is -0.660. The maximum Gasteiger partial charge on any atom is 0.255 e. The van der Waals surface area contributed by atoms with Gasteiger partial charge in [-0.3, -0.25) is 0 Å². The molecule has 0 saturated carbocycles. The van der Waals surface area contributed by atoms with Crippen LogP contribution in [0.25, 0.3) is 10.6 Å². The first-order valence-electron chi connectivity index (χ1n) is 11.0. The van der Waals surface area contributed by atoms with E-state index in [1.807, 2.05) is 11.3 Å². The Morgan fingerprint density at radius 3 is 1.68 bits per heavy atom. The maximum atomic E-state index is 2.34. The van der Waals surface area contributed by atoms with E-state index >= 15 is 0 Å². The van der Waals surface area contributed by atoms with E-state index in [2.05, 4.69) is 114 Å². The molecule has 0 saturated heterocycles. The molecule has 0 spiro atoms. The lowest BCUT2D eigenvalue weighted by Crippen LogP contribution is -2.54. The van der Waals surface area contributed by atoms with Crippen LogP contribution >= 0.6 is 11.3 Å². The summed E-state index contributed by atoms with van der Waals surface area (Å²) in [6.07, 6.45) is 2.12. The van der Waals surface area contributed by atoms with E-state index in [0.29, 0.717) is 0 Å². The molecule has 4 rings (SSSR count). The fraction of sp³-hybridized carbons (Fsp3) is 0.250. The molecule has 4 aromatic rings. The number of aromatic nitrogens is 1. The van der Waals surface area contributed by atoms with Gasteiger partial charge in [-0.25, -0.2) is 4.57 Å². The largest absolute Gasteiger partial charge is 0.255 e. The second-order valence-electron chi connectivity index (χ2n) is 8.96. The predicted molar refractivity (Wildman–Crippen MR) is 137 cm³/mol. The Kier molecular flexibility index (Phi) is 5.90. The molecule has 0 atom stereocenters. The van der Waals surface area contributed by atoms with Crippen molar-refractivity contribution in [1.29, 1.82) is 0 Å². The lowest BCUT2D eigenvalue weighted by atomic mass is 9.37. The van der Waals surface area contributed by atoms with Crippen molar-refractivity contribution in [2.24, 2.45) is 7.05 Å². The summed E-state index contributed by atoms with van der Waals surface area (Å²) in [5.41, 5.74) is 12.3. The van der Waals surface area contributed by atoms with Gasteiger partial charge in [0.05, 0.1) is 4.88 Å². The van der Waals surface area contributed by atoms with Crippen molar-refractivity contribution in [3.05, 3.63) is 94.2 Å². The maximum absolute atomic E-state index is 2.34. The zero-order valence-electron chi connectivity index (χ0n) is 19.7. The Bertz CT molecular complexity index is 1160. The van der Waals surface area contributed by atoms with E-state index in [4.69, 9.17) is 0 Å². The second kappa shape index (κ2) is 8.47. The Morgan fingerprint density at radius 2 is 1.19 bits per heavy atom. The highest BCUT2D eigenvalue weighted by Gasteiger charge is 2.30. The molecule has 2 aromatic heterocycles. The van der Waals surface area contributed by atoms with E-state index < -0.39 is 0 Å². The molecule has 0 bridgehead atoms. The van der Waals surface area contributed by atoms with Gasteiger partial charge in [0.15, 0.2) is 6.20 Å². The molecule has 1 nitrogen and oxygen atoms in total. The topological polar surface area (TPSA) is 3.88 Å². The summed E-state index contributed by atoms with van der Waals surface area (Å²) in [5, 5.41) is 0. The molecule has 0 aliphatic heterocycles. The summed E-state index contributed by atoms with van der Waals surface area (Å²) in [5.74, 6) is 0. The zero-order chi connectivity index (χ0) is 22.3. The molecule has 0 amide bonds. The number of hydrogen-bond donors (Lipinski definition) is 0. The van der Waals surface area contributed by atoms with Crippen molar-refractivity contribution in [1.82, 2.24) is 0 Å². The Labute approximate surface area is 191 Å². The number of aryl methyl sites for hydroxylation is 7. The van der Waals surface area contributed by atoms with Crippen LogP contribution in [-0.2, 0) is 7.05 Å². The molecule has 0 aliphatic rings. The molecule has 3 heteroatoms. The van der Waals surface area contributed by atoms with Gasteiger partial charge in [0.25, 0.3) is 6.71 Å². The molecule has 0 radical (unpaired) electrons. The highest BCUT2D eigenvalue weighted by Crippen LogP contribution is 2.22. The molecule has 31 heavy (non-hydrogen) atoms. The summed E-state index contributed by atoms with van der Waals surface area (Å²) >= 11 is 1.92. The first kappa shape index (κ1) is 21.6. The van der Waals surface area contributed by atoms with Crippen molar-refractivity contribution >= 4 is 33.8 Å². The minimum atomic E-state index is 0.244. The third-order valence-electron chi connectivity index (χ3n) is 6.27. The monoisotopic (exact) mass is 424 g/mol. The predicted octanol–water partition coefficient (Wildman–Crippen LogP) is 4.61. The third kappa shape index (κ3) is 4.12. The summed E-state index contributed by atoms with van der Waals surface area (Å²) in [7, 11) is 2.12. The lowest BCUT2D eigenvalue weighted by Gasteiger charge is -2.23. The van der Waals surface area contributed by atoms with E-state index in [1.54, 1.807) is 0 Å². The Morgan fingerprint density at radius 1 is 0.677 bits per heavy atom. The third-order valence-corrected chi connectivity index (χ3v) is 7.44. The number of nitrogens with zero attached hydrogens (tertiary/aromatic N) is 1. The van der Waals surface area contributed by atoms with Crippen LogP contribution in [0.1, 0.15) is 33.4 Å². The molecule has 0 unspecified atom stereocenters. The van der Waals surface area contributed by atoms with Crippen LogP contribution in [0.15, 0.2) is 60.8 Å². The fourth-order valence-electron chi connectivity index (χ4n) is 5.15. The number of hydrogen-bond acceptors (Lipinski definition) is 1. The van der Waals surface area contributed by atoms with E-state index in [0.717, 1.165) is 0 Å². The first-order chi connectivity index (χ1) is 14.8. The van der Waals surface area contributed by atoms with Crippen molar-refractivity contribution in [3.8, 4) is 10.6 Å². The van der Waals surface area contributed by atoms with Gasteiger partial charge >= 0.3 is 0 Å². The van der Waals surface area contributed by atoms with Crippen LogP contribution in [0, 0.1) is 41.5 Å². The summed E-state index contributed by atoms with van der Waals surface area (Å²) in [6, 6.07) is 20.4. The molecule has 0 aliphatic carbocycles. The quantitative estimate of drug-likeness (QED) is 0.333. The van der Waals surface area contributed by atoms with Crippen molar-refractivity contribution in [3.63, 3.8) is 0 Å². The molecule has 0 fully saturated rings. The highest BCUT2D eigenvalue weighted by atomic mass is 32.1. The summed E-state index contributed by atoms with van der Waals surface area (Å²) in [6.45, 7) is 13.7. The van der Waals surface area contributed by atoms with E-state index in [9.17, 15) is 0 Å². The smallest absolute Gasteiger partial charge is 0.200 e. The summed E-state index contributed by atoms with van der Waals surface area (Å²) < 4.78 is 3.61. The molecule has 156 valence electrons. The number of benzene rings is 2. The van der Waals surface area contributed by atoms with Gasteiger partial charge in [-0.1, -0.05) is 74.6 Å². The van der Waals surface area contributed by atoms with Crippen molar-refractivity contribution < 1.29 is 4.57 Å². The molecule has 2 aromatic carbocycles. The minimum absolute atomic E-state index is 0.244. The Hall–Kier alpha value is -2.65. The first-order valence-corrected chi connectivity index (χ1v) is 11.8. The zero-order valence-corrected chi connectivity index (χ0v) is 20.5. The number of pyridine rings is 1. The van der Waals surface area contributed by atoms with Gasteiger partial charge in [0, 0.05) is 12.1 Å². The average molecular weight is 424 g/mol. The standard InChI is InChI=1S/C28H31BNS/c1-18-14-20(3)27(21(4)15-18)29(28-22(5)16-19(2)17-23(28)6)26-12-11-25(31-26)24-10-8-9-13-30(24)7/h8-17H,1-7H3/q+1. The van der Waals surface area contributed by atoms with E-state index in [-0.39, 0.29) is 6.71 Å². The Balaban J connectivity index is 1.97. The van der Waals surface area contributed by atoms with Crippen LogP contribution in [0.5, 0.6) is 0 Å². The molecule has 0 N–H and O–H groups in total. The van der Waals surface area contributed by atoms with Gasteiger partial charge in [-0.15, -0.1) is 11.3 Å². The number of thiophene rings is 1. The second-order valence-corrected chi connectivity index (χ2v) is 10.1. The SMILES string of the molecule is Cc1cc(C)c(B(c2ccc(-c3cccc[n+]3C)s2)c2c(C)cc(C)cc2C)c(C)c1. The van der Waals surface area contributed by atoms with Gasteiger partial charge in [-0.05, 0) is 58.5 Å². The van der Waals surface area contributed by atoms with Gasteiger partial charge < -0.3 is 0 Å². The van der Waals surface area contributed by atoms with Crippen molar-refractivity contribution in [2.75, 3.05) is 0 Å². The van der Waals surface area contributed by atoms with Gasteiger partial charge in [-0.2, -0.15) is 0 Å². The summed E-state index contributed by atoms with van der Waals surface area (Å²) in [4.78, 5) is 1.31. The van der Waals surface area contributed by atoms with E-state index in [1.165, 1.54) is 59.7 Å². The molecular weight excluding hydrogens is 393 g/mol. The average Bonchev–Trinajstić information content (AvgIpc) is 3.15. The fourth-order valence-corrected chi connectivity index (χ4v) is 6.34.